The number of nitrogens with zero attached hydrogens (tertiary/aromatic N) is 1. The fourth-order valence-electron chi connectivity index (χ4n) is 2.53. The van der Waals surface area contributed by atoms with Crippen molar-refractivity contribution in [3.05, 3.63) is 0 Å². The highest BCUT2D eigenvalue weighted by Crippen LogP contribution is 2.18. The van der Waals surface area contributed by atoms with Gasteiger partial charge in [0, 0.05) is 25.7 Å². The lowest BCUT2D eigenvalue weighted by Crippen LogP contribution is -2.48. The molecule has 0 aromatic carbocycles. The first-order chi connectivity index (χ1) is 8.81. The molecule has 108 valence electrons. The minimum atomic E-state index is 0.437. The largest absolute Gasteiger partial charge is 0.377 e. The molecule has 0 aliphatic carbocycles. The van der Waals surface area contributed by atoms with Gasteiger partial charge in [0.2, 0.25) is 0 Å². The van der Waals surface area contributed by atoms with Crippen molar-refractivity contribution < 1.29 is 4.74 Å². The van der Waals surface area contributed by atoms with Crippen molar-refractivity contribution in [3.8, 4) is 0 Å². The molecular weight excluding hydrogens is 244 g/mol. The van der Waals surface area contributed by atoms with Crippen LogP contribution in [-0.4, -0.2) is 54.8 Å². The standard InChI is InChI=1S/C14H30N2OS/c1-3-9-17-14-6-5-8-16(12-14)13(11-15)7-10-18-4-2/h13-14H,3-12,15H2,1-2H3. The van der Waals surface area contributed by atoms with Gasteiger partial charge in [-0.05, 0) is 43.7 Å². The average molecular weight is 274 g/mol. The van der Waals surface area contributed by atoms with Crippen molar-refractivity contribution in [1.82, 2.24) is 4.90 Å². The van der Waals surface area contributed by atoms with Crippen molar-refractivity contribution >= 4 is 11.8 Å². The van der Waals surface area contributed by atoms with E-state index in [0.717, 1.165) is 26.1 Å². The molecule has 0 saturated carbocycles. The van der Waals surface area contributed by atoms with Crippen molar-refractivity contribution in [1.29, 1.82) is 0 Å². The van der Waals surface area contributed by atoms with E-state index in [2.05, 4.69) is 18.7 Å². The van der Waals surface area contributed by atoms with E-state index >= 15 is 0 Å². The van der Waals surface area contributed by atoms with Gasteiger partial charge in [-0.2, -0.15) is 11.8 Å². The lowest BCUT2D eigenvalue weighted by molar-refractivity contribution is -0.0117. The molecule has 1 fully saturated rings. The van der Waals surface area contributed by atoms with Crippen LogP contribution in [0.2, 0.25) is 0 Å². The summed E-state index contributed by atoms with van der Waals surface area (Å²) in [6, 6.07) is 0.553. The number of rotatable bonds is 9. The van der Waals surface area contributed by atoms with Crippen LogP contribution >= 0.6 is 11.8 Å². The molecule has 1 heterocycles. The van der Waals surface area contributed by atoms with Crippen LogP contribution < -0.4 is 5.73 Å². The van der Waals surface area contributed by atoms with E-state index < -0.39 is 0 Å². The lowest BCUT2D eigenvalue weighted by Gasteiger charge is -2.37. The van der Waals surface area contributed by atoms with Crippen LogP contribution in [0.25, 0.3) is 0 Å². The predicted octanol–water partition coefficient (Wildman–Crippen LogP) is 2.35. The van der Waals surface area contributed by atoms with Crippen LogP contribution in [0.5, 0.6) is 0 Å². The maximum absolute atomic E-state index is 5.94. The zero-order valence-electron chi connectivity index (χ0n) is 12.1. The molecule has 0 bridgehead atoms. The molecule has 1 rings (SSSR count). The molecule has 1 saturated heterocycles. The van der Waals surface area contributed by atoms with E-state index in [-0.39, 0.29) is 0 Å². The first-order valence-corrected chi connectivity index (χ1v) is 8.60. The highest BCUT2D eigenvalue weighted by Gasteiger charge is 2.25. The van der Waals surface area contributed by atoms with Crippen molar-refractivity contribution in [2.75, 3.05) is 37.7 Å². The smallest absolute Gasteiger partial charge is 0.0702 e. The molecule has 0 amide bonds. The molecule has 0 spiro atoms. The number of piperidine rings is 1. The molecule has 0 aromatic rings. The zero-order chi connectivity index (χ0) is 13.2. The summed E-state index contributed by atoms with van der Waals surface area (Å²) in [6.45, 7) is 8.36. The molecule has 0 radical (unpaired) electrons. The summed E-state index contributed by atoms with van der Waals surface area (Å²) in [5, 5.41) is 0. The molecule has 1 aliphatic heterocycles. The minimum Gasteiger partial charge on any atom is -0.377 e. The minimum absolute atomic E-state index is 0.437. The van der Waals surface area contributed by atoms with Gasteiger partial charge < -0.3 is 10.5 Å². The van der Waals surface area contributed by atoms with Crippen molar-refractivity contribution in [2.45, 2.75) is 51.7 Å². The van der Waals surface area contributed by atoms with E-state index in [1.54, 1.807) is 0 Å². The average Bonchev–Trinajstić information content (AvgIpc) is 2.42. The van der Waals surface area contributed by atoms with Gasteiger partial charge in [-0.1, -0.05) is 13.8 Å². The van der Waals surface area contributed by atoms with Gasteiger partial charge in [0.1, 0.15) is 0 Å². The van der Waals surface area contributed by atoms with Gasteiger partial charge in [0.15, 0.2) is 0 Å². The van der Waals surface area contributed by atoms with Gasteiger partial charge in [-0.15, -0.1) is 0 Å². The maximum atomic E-state index is 5.94. The molecule has 0 aromatic heterocycles. The fourth-order valence-corrected chi connectivity index (χ4v) is 3.26. The topological polar surface area (TPSA) is 38.5 Å². The van der Waals surface area contributed by atoms with Crippen LogP contribution in [0.4, 0.5) is 0 Å². The second-order valence-electron chi connectivity index (χ2n) is 5.01. The number of likely N-dealkylation sites (tertiary alicyclic amines) is 1. The van der Waals surface area contributed by atoms with Gasteiger partial charge in [0.25, 0.3) is 0 Å². The van der Waals surface area contributed by atoms with Gasteiger partial charge in [-0.3, -0.25) is 4.90 Å². The Bertz CT molecular complexity index is 204. The predicted molar refractivity (Wildman–Crippen MR) is 81.3 cm³/mol. The third-order valence-electron chi connectivity index (χ3n) is 3.56. The van der Waals surface area contributed by atoms with Gasteiger partial charge in [-0.25, -0.2) is 0 Å². The van der Waals surface area contributed by atoms with E-state index in [1.807, 2.05) is 11.8 Å². The van der Waals surface area contributed by atoms with Crippen LogP contribution in [0.3, 0.4) is 0 Å². The SMILES string of the molecule is CCCOC1CCCN(C(CN)CCSCC)C1. The van der Waals surface area contributed by atoms with E-state index in [0.29, 0.717) is 12.1 Å². The summed E-state index contributed by atoms with van der Waals surface area (Å²) in [6.07, 6.45) is 5.24. The summed E-state index contributed by atoms with van der Waals surface area (Å²) in [5.74, 6) is 2.44. The highest BCUT2D eigenvalue weighted by molar-refractivity contribution is 7.99. The molecule has 18 heavy (non-hydrogen) atoms. The summed E-state index contributed by atoms with van der Waals surface area (Å²) in [7, 11) is 0. The second-order valence-corrected chi connectivity index (χ2v) is 6.40. The Morgan fingerprint density at radius 2 is 2.28 bits per heavy atom. The molecule has 4 heteroatoms. The first-order valence-electron chi connectivity index (χ1n) is 7.45. The number of nitrogens with two attached hydrogens (primary N) is 1. The Balaban J connectivity index is 2.32. The summed E-state index contributed by atoms with van der Waals surface area (Å²) >= 11 is 2.02. The molecule has 2 N–H and O–H groups in total. The number of thioether (sulfide) groups is 1. The maximum Gasteiger partial charge on any atom is 0.0702 e. The summed E-state index contributed by atoms with van der Waals surface area (Å²) in [4.78, 5) is 2.56. The van der Waals surface area contributed by atoms with Crippen LogP contribution in [0.1, 0.15) is 39.5 Å². The molecular formula is C14H30N2OS. The van der Waals surface area contributed by atoms with Crippen molar-refractivity contribution in [3.63, 3.8) is 0 Å². The highest BCUT2D eigenvalue weighted by atomic mass is 32.2. The number of hydrogen-bond donors (Lipinski definition) is 1. The second kappa shape index (κ2) is 10.1. The third kappa shape index (κ3) is 5.91. The lowest BCUT2D eigenvalue weighted by atomic mass is 10.0. The summed E-state index contributed by atoms with van der Waals surface area (Å²) in [5.41, 5.74) is 5.94. The molecule has 2 unspecified atom stereocenters. The Morgan fingerprint density at radius 3 is 2.94 bits per heavy atom. The van der Waals surface area contributed by atoms with Gasteiger partial charge >= 0.3 is 0 Å². The first kappa shape index (κ1) is 16.3. The molecule has 3 nitrogen and oxygen atoms in total. The molecule has 2 atom stereocenters. The Labute approximate surface area is 117 Å². The monoisotopic (exact) mass is 274 g/mol. The van der Waals surface area contributed by atoms with E-state index in [9.17, 15) is 0 Å². The Kier molecular flexibility index (Phi) is 9.11. The van der Waals surface area contributed by atoms with E-state index in [1.165, 1.54) is 37.3 Å². The fraction of sp³-hybridized carbons (Fsp3) is 1.00. The zero-order valence-corrected chi connectivity index (χ0v) is 12.9. The normalized spacial score (nSPS) is 23.2. The Hall–Kier alpha value is 0.230. The van der Waals surface area contributed by atoms with Gasteiger partial charge in [0.05, 0.1) is 6.10 Å². The Morgan fingerprint density at radius 1 is 1.44 bits per heavy atom. The molecule has 1 aliphatic rings. The van der Waals surface area contributed by atoms with Crippen molar-refractivity contribution in [2.24, 2.45) is 5.73 Å². The van der Waals surface area contributed by atoms with Crippen LogP contribution in [0.15, 0.2) is 0 Å². The van der Waals surface area contributed by atoms with E-state index in [4.69, 9.17) is 10.5 Å². The third-order valence-corrected chi connectivity index (χ3v) is 4.49. The number of ether oxygens (including phenoxy) is 1. The quantitative estimate of drug-likeness (QED) is 0.655. The number of hydrogen-bond acceptors (Lipinski definition) is 4. The van der Waals surface area contributed by atoms with Crippen LogP contribution in [-0.2, 0) is 4.74 Å². The van der Waals surface area contributed by atoms with Crippen LogP contribution in [0, 0.1) is 0 Å². The summed E-state index contributed by atoms with van der Waals surface area (Å²) < 4.78 is 5.89.